The summed E-state index contributed by atoms with van der Waals surface area (Å²) in [4.78, 5) is 14.8. The van der Waals surface area contributed by atoms with Gasteiger partial charge in [-0.2, -0.15) is 0 Å². The van der Waals surface area contributed by atoms with E-state index in [2.05, 4.69) is 39.7 Å². The molecular weight excluding hydrogens is 387 g/mol. The van der Waals surface area contributed by atoms with Gasteiger partial charge in [0, 0.05) is 19.6 Å². The first-order chi connectivity index (χ1) is 12.1. The van der Waals surface area contributed by atoms with Crippen LogP contribution in [0.15, 0.2) is 6.20 Å². The maximum absolute atomic E-state index is 12.2. The number of likely N-dealkylation sites (tertiary alicyclic amines) is 1. The normalized spacial score (nSPS) is 23.9. The van der Waals surface area contributed by atoms with Gasteiger partial charge in [0.1, 0.15) is 0 Å². The first-order valence-electron chi connectivity index (χ1n) is 9.75. The Hall–Kier alpha value is -0.890. The number of halogens is 2. The third-order valence-electron chi connectivity index (χ3n) is 5.31. The Morgan fingerprint density at radius 3 is 2.56 bits per heavy atom. The van der Waals surface area contributed by atoms with Gasteiger partial charge in [-0.15, -0.1) is 29.9 Å². The van der Waals surface area contributed by atoms with Crippen molar-refractivity contribution in [1.29, 1.82) is 0 Å². The smallest absolute Gasteiger partial charge is 0.273 e. The second kappa shape index (κ2) is 11.8. The number of rotatable bonds is 6. The summed E-state index contributed by atoms with van der Waals surface area (Å²) in [5, 5.41) is 14.5. The van der Waals surface area contributed by atoms with Gasteiger partial charge in [-0.25, -0.2) is 4.68 Å². The molecule has 9 heteroatoms. The Bertz CT molecular complexity index is 554. The maximum atomic E-state index is 12.2. The quantitative estimate of drug-likeness (QED) is 0.689. The molecular formula is C18H34Cl2N6O. The van der Waals surface area contributed by atoms with E-state index in [0.29, 0.717) is 18.3 Å². The fraction of sp³-hybridized carbons (Fsp3) is 0.833. The highest BCUT2D eigenvalue weighted by Crippen LogP contribution is 2.20. The molecule has 7 nitrogen and oxygen atoms in total. The van der Waals surface area contributed by atoms with Gasteiger partial charge < -0.3 is 15.5 Å². The Labute approximate surface area is 174 Å². The molecule has 2 aliphatic rings. The first kappa shape index (κ1) is 24.1. The zero-order valence-electron chi connectivity index (χ0n) is 16.4. The summed E-state index contributed by atoms with van der Waals surface area (Å²) < 4.78 is 1.85. The molecule has 0 aromatic carbocycles. The molecule has 1 aromatic heterocycles. The van der Waals surface area contributed by atoms with Crippen LogP contribution in [-0.2, 0) is 0 Å². The molecule has 0 aliphatic carbocycles. The van der Waals surface area contributed by atoms with Crippen molar-refractivity contribution in [2.45, 2.75) is 45.6 Å². The number of hydrogen-bond acceptors (Lipinski definition) is 5. The molecule has 1 aromatic rings. The number of hydrogen-bond donors (Lipinski definition) is 2. The van der Waals surface area contributed by atoms with Crippen molar-refractivity contribution in [1.82, 2.24) is 30.5 Å². The summed E-state index contributed by atoms with van der Waals surface area (Å²) in [6.45, 7) is 10.8. The molecule has 2 atom stereocenters. The predicted molar refractivity (Wildman–Crippen MR) is 112 cm³/mol. The van der Waals surface area contributed by atoms with Crippen molar-refractivity contribution in [3.05, 3.63) is 11.9 Å². The lowest BCUT2D eigenvalue weighted by atomic mass is 9.92. The number of aromatic nitrogens is 3. The van der Waals surface area contributed by atoms with Crippen molar-refractivity contribution in [3.63, 3.8) is 0 Å². The van der Waals surface area contributed by atoms with Crippen molar-refractivity contribution >= 4 is 30.7 Å². The molecule has 2 aliphatic heterocycles. The minimum absolute atomic E-state index is 0. The lowest BCUT2D eigenvalue weighted by Crippen LogP contribution is -2.40. The first-order valence-corrected chi connectivity index (χ1v) is 9.75. The summed E-state index contributed by atoms with van der Waals surface area (Å²) in [5.74, 6) is 1.45. The SMILES string of the molecule is CC1CC(C)CN(CCCNC(=O)c2cn(C3CCNCC3)nn2)C1.Cl.Cl. The largest absolute Gasteiger partial charge is 0.351 e. The van der Waals surface area contributed by atoms with Gasteiger partial charge >= 0.3 is 0 Å². The van der Waals surface area contributed by atoms with E-state index in [4.69, 9.17) is 0 Å². The highest BCUT2D eigenvalue weighted by Gasteiger charge is 2.21. The third-order valence-corrected chi connectivity index (χ3v) is 5.31. The van der Waals surface area contributed by atoms with Gasteiger partial charge in [-0.3, -0.25) is 4.79 Å². The van der Waals surface area contributed by atoms with Crippen LogP contribution in [0.1, 0.15) is 56.1 Å². The molecule has 2 unspecified atom stereocenters. The van der Waals surface area contributed by atoms with Gasteiger partial charge in [0.15, 0.2) is 5.69 Å². The highest BCUT2D eigenvalue weighted by molar-refractivity contribution is 5.91. The lowest BCUT2D eigenvalue weighted by molar-refractivity contribution is 0.0942. The molecule has 27 heavy (non-hydrogen) atoms. The monoisotopic (exact) mass is 420 g/mol. The summed E-state index contributed by atoms with van der Waals surface area (Å²) in [7, 11) is 0. The van der Waals surface area contributed by atoms with Crippen LogP contribution in [0.3, 0.4) is 0 Å². The molecule has 3 heterocycles. The lowest BCUT2D eigenvalue weighted by Gasteiger charge is -2.34. The van der Waals surface area contributed by atoms with Crippen LogP contribution in [0.4, 0.5) is 0 Å². The van der Waals surface area contributed by atoms with Crippen molar-refractivity contribution < 1.29 is 4.79 Å². The minimum atomic E-state index is -0.111. The van der Waals surface area contributed by atoms with Crippen molar-refractivity contribution in [2.75, 3.05) is 39.3 Å². The third kappa shape index (κ3) is 7.22. The topological polar surface area (TPSA) is 75.1 Å². The fourth-order valence-electron chi connectivity index (χ4n) is 4.20. The molecule has 0 saturated carbocycles. The highest BCUT2D eigenvalue weighted by atomic mass is 35.5. The molecule has 3 rings (SSSR count). The van der Waals surface area contributed by atoms with Crippen LogP contribution >= 0.6 is 24.8 Å². The number of piperidine rings is 2. The molecule has 156 valence electrons. The molecule has 2 N–H and O–H groups in total. The minimum Gasteiger partial charge on any atom is -0.351 e. The van der Waals surface area contributed by atoms with Gasteiger partial charge in [0.2, 0.25) is 0 Å². The van der Waals surface area contributed by atoms with E-state index in [1.165, 1.54) is 19.5 Å². The van der Waals surface area contributed by atoms with E-state index in [9.17, 15) is 4.79 Å². The van der Waals surface area contributed by atoms with E-state index in [1.807, 2.05) is 4.68 Å². The van der Waals surface area contributed by atoms with E-state index in [0.717, 1.165) is 50.7 Å². The second-order valence-electron chi connectivity index (χ2n) is 7.88. The number of nitrogens with one attached hydrogen (secondary N) is 2. The average molecular weight is 421 g/mol. The van der Waals surface area contributed by atoms with Crippen molar-refractivity contribution in [3.8, 4) is 0 Å². The number of nitrogens with zero attached hydrogens (tertiary/aromatic N) is 4. The molecule has 0 spiro atoms. The summed E-state index contributed by atoms with van der Waals surface area (Å²) >= 11 is 0. The van der Waals surface area contributed by atoms with E-state index < -0.39 is 0 Å². The van der Waals surface area contributed by atoms with Gasteiger partial charge in [-0.05, 0) is 57.2 Å². The molecule has 1 amide bonds. The van der Waals surface area contributed by atoms with Gasteiger partial charge in [0.05, 0.1) is 12.2 Å². The molecule has 0 radical (unpaired) electrons. The Morgan fingerprint density at radius 2 is 1.89 bits per heavy atom. The van der Waals surface area contributed by atoms with E-state index in [1.54, 1.807) is 6.20 Å². The van der Waals surface area contributed by atoms with Gasteiger partial charge in [0.25, 0.3) is 5.91 Å². The van der Waals surface area contributed by atoms with Crippen LogP contribution in [0.25, 0.3) is 0 Å². The van der Waals surface area contributed by atoms with Gasteiger partial charge in [-0.1, -0.05) is 19.1 Å². The van der Waals surface area contributed by atoms with Crippen LogP contribution in [0.2, 0.25) is 0 Å². The summed E-state index contributed by atoms with van der Waals surface area (Å²) in [6.07, 6.45) is 6.18. The number of carbonyl (C=O) groups is 1. The Morgan fingerprint density at radius 1 is 1.22 bits per heavy atom. The van der Waals surface area contributed by atoms with E-state index in [-0.39, 0.29) is 30.7 Å². The Kier molecular flexibility index (Phi) is 10.6. The fourth-order valence-corrected chi connectivity index (χ4v) is 4.20. The van der Waals surface area contributed by atoms with Crippen LogP contribution in [-0.4, -0.2) is 65.1 Å². The molecule has 0 bridgehead atoms. The number of amides is 1. The Balaban J connectivity index is 0.00000182. The standard InChI is InChI=1S/C18H32N6O.2ClH/c1-14-10-15(2)12-23(11-14)9-3-6-20-18(25)17-13-24(22-21-17)16-4-7-19-8-5-16;;/h13-16,19H,3-12H2,1-2H3,(H,20,25);2*1H. The van der Waals surface area contributed by atoms with Crippen LogP contribution < -0.4 is 10.6 Å². The molecule has 2 fully saturated rings. The zero-order chi connectivity index (χ0) is 17.6. The van der Waals surface area contributed by atoms with Crippen LogP contribution in [0.5, 0.6) is 0 Å². The summed E-state index contributed by atoms with van der Waals surface area (Å²) in [6, 6.07) is 0.360. The number of carbonyl (C=O) groups excluding carboxylic acids is 1. The van der Waals surface area contributed by atoms with Crippen LogP contribution in [0, 0.1) is 11.8 Å². The second-order valence-corrected chi connectivity index (χ2v) is 7.88. The summed E-state index contributed by atoms with van der Waals surface area (Å²) in [5.41, 5.74) is 0.429. The maximum Gasteiger partial charge on any atom is 0.273 e. The average Bonchev–Trinajstić information content (AvgIpc) is 3.09. The van der Waals surface area contributed by atoms with Crippen molar-refractivity contribution in [2.24, 2.45) is 11.8 Å². The van der Waals surface area contributed by atoms with E-state index >= 15 is 0 Å². The molecule has 2 saturated heterocycles. The predicted octanol–water partition coefficient (Wildman–Crippen LogP) is 2.14. The zero-order valence-corrected chi connectivity index (χ0v) is 18.0.